The smallest absolute Gasteiger partial charge is 0.191 e. The van der Waals surface area contributed by atoms with Crippen molar-refractivity contribution < 1.29 is 4.74 Å². The van der Waals surface area contributed by atoms with Crippen molar-refractivity contribution in [3.05, 3.63) is 0 Å². The number of unbranched alkanes of at least 4 members (excludes halogenated alkanes) is 2. The molecule has 0 aromatic heterocycles. The first-order chi connectivity index (χ1) is 10.6. The molecule has 6 heteroatoms. The molecule has 0 aliphatic carbocycles. The zero-order valence-electron chi connectivity index (χ0n) is 15.5. The van der Waals surface area contributed by atoms with Gasteiger partial charge in [0.25, 0.3) is 0 Å². The van der Waals surface area contributed by atoms with Crippen molar-refractivity contribution in [2.75, 3.05) is 46.9 Å². The maximum atomic E-state index is 5.06. The Morgan fingerprint density at radius 2 is 1.78 bits per heavy atom. The molecule has 0 amide bonds. The van der Waals surface area contributed by atoms with Crippen molar-refractivity contribution >= 4 is 29.9 Å². The Hall–Kier alpha value is -0.0800. The van der Waals surface area contributed by atoms with E-state index in [1.54, 1.807) is 7.11 Å². The van der Waals surface area contributed by atoms with Crippen LogP contribution in [0.5, 0.6) is 0 Å². The molecule has 0 unspecified atom stereocenters. The minimum Gasteiger partial charge on any atom is -0.385 e. The lowest BCUT2D eigenvalue weighted by Gasteiger charge is -2.41. The lowest BCUT2D eigenvalue weighted by atomic mass is 9.98. The maximum absolute atomic E-state index is 5.06. The van der Waals surface area contributed by atoms with Gasteiger partial charge in [0, 0.05) is 39.4 Å². The average molecular weight is 440 g/mol. The fraction of sp³-hybridized carbons (Fsp3) is 0.941. The number of hydrogen-bond acceptors (Lipinski definition) is 3. The number of likely N-dealkylation sites (tertiary alicyclic amines) is 1. The molecule has 1 heterocycles. The van der Waals surface area contributed by atoms with Crippen LogP contribution in [0.4, 0.5) is 0 Å². The summed E-state index contributed by atoms with van der Waals surface area (Å²) in [6, 6.07) is 0. The molecule has 0 aromatic rings. The van der Waals surface area contributed by atoms with Crippen molar-refractivity contribution in [1.29, 1.82) is 0 Å². The van der Waals surface area contributed by atoms with E-state index in [9.17, 15) is 0 Å². The predicted molar refractivity (Wildman–Crippen MR) is 110 cm³/mol. The SMILES string of the molecule is CN=C(NCCCCCOC)NCC(C)(C)N1CCCCC1.I. The van der Waals surface area contributed by atoms with Crippen molar-refractivity contribution in [3.63, 3.8) is 0 Å². The number of hydrogen-bond donors (Lipinski definition) is 2. The number of rotatable bonds is 9. The van der Waals surface area contributed by atoms with Crippen LogP contribution < -0.4 is 10.6 Å². The molecule has 23 heavy (non-hydrogen) atoms. The lowest BCUT2D eigenvalue weighted by Crippen LogP contribution is -2.54. The minimum absolute atomic E-state index is 0. The van der Waals surface area contributed by atoms with Gasteiger partial charge in [0.2, 0.25) is 0 Å². The summed E-state index contributed by atoms with van der Waals surface area (Å²) in [5.74, 6) is 0.914. The molecule has 0 saturated carbocycles. The van der Waals surface area contributed by atoms with Gasteiger partial charge < -0.3 is 15.4 Å². The van der Waals surface area contributed by atoms with Gasteiger partial charge in [0.15, 0.2) is 5.96 Å². The highest BCUT2D eigenvalue weighted by atomic mass is 127. The quantitative estimate of drug-likeness (QED) is 0.251. The van der Waals surface area contributed by atoms with Gasteiger partial charge in [-0.05, 0) is 59.0 Å². The molecule has 0 spiro atoms. The first kappa shape index (κ1) is 22.9. The molecule has 1 saturated heterocycles. The Morgan fingerprint density at radius 1 is 1.09 bits per heavy atom. The van der Waals surface area contributed by atoms with E-state index in [1.165, 1.54) is 38.8 Å². The Morgan fingerprint density at radius 3 is 2.39 bits per heavy atom. The van der Waals surface area contributed by atoms with Gasteiger partial charge in [-0.1, -0.05) is 6.42 Å². The van der Waals surface area contributed by atoms with E-state index in [-0.39, 0.29) is 29.5 Å². The van der Waals surface area contributed by atoms with Gasteiger partial charge in [-0.25, -0.2) is 0 Å². The van der Waals surface area contributed by atoms with Gasteiger partial charge in [0.1, 0.15) is 0 Å². The molecule has 138 valence electrons. The van der Waals surface area contributed by atoms with Crippen LogP contribution in [-0.2, 0) is 4.74 Å². The van der Waals surface area contributed by atoms with Crippen LogP contribution in [0, 0.1) is 0 Å². The maximum Gasteiger partial charge on any atom is 0.191 e. The van der Waals surface area contributed by atoms with E-state index >= 15 is 0 Å². The van der Waals surface area contributed by atoms with Gasteiger partial charge in [0.05, 0.1) is 0 Å². The summed E-state index contributed by atoms with van der Waals surface area (Å²) < 4.78 is 5.06. The molecule has 1 aliphatic rings. The molecular weight excluding hydrogens is 403 g/mol. The van der Waals surface area contributed by atoms with E-state index in [0.717, 1.165) is 38.5 Å². The highest BCUT2D eigenvalue weighted by molar-refractivity contribution is 14.0. The van der Waals surface area contributed by atoms with E-state index < -0.39 is 0 Å². The molecule has 1 fully saturated rings. The van der Waals surface area contributed by atoms with Gasteiger partial charge in [-0.3, -0.25) is 9.89 Å². The second-order valence-corrected chi connectivity index (χ2v) is 6.77. The summed E-state index contributed by atoms with van der Waals surface area (Å²) in [7, 11) is 3.60. The van der Waals surface area contributed by atoms with Gasteiger partial charge in [-0.2, -0.15) is 0 Å². The highest BCUT2D eigenvalue weighted by Crippen LogP contribution is 2.19. The molecular formula is C17H37IN4O. The van der Waals surface area contributed by atoms with Crippen LogP contribution in [0.2, 0.25) is 0 Å². The standard InChI is InChI=1S/C17H36N4O.HI/c1-17(2,21-12-8-6-9-13-21)15-20-16(18-3)19-11-7-5-10-14-22-4;/h5-15H2,1-4H3,(H2,18,19,20);1H. The normalized spacial score (nSPS) is 16.8. The predicted octanol–water partition coefficient (Wildman–Crippen LogP) is 2.85. The first-order valence-corrected chi connectivity index (χ1v) is 8.78. The number of nitrogens with zero attached hydrogens (tertiary/aromatic N) is 2. The average Bonchev–Trinajstić information content (AvgIpc) is 2.54. The highest BCUT2D eigenvalue weighted by Gasteiger charge is 2.27. The number of piperidine rings is 1. The Kier molecular flexibility index (Phi) is 13.2. The van der Waals surface area contributed by atoms with Gasteiger partial charge >= 0.3 is 0 Å². The summed E-state index contributed by atoms with van der Waals surface area (Å²) in [6.07, 6.45) is 7.52. The third-order valence-corrected chi connectivity index (χ3v) is 4.44. The third kappa shape index (κ3) is 9.72. The summed E-state index contributed by atoms with van der Waals surface area (Å²) in [5.41, 5.74) is 0.177. The van der Waals surface area contributed by atoms with E-state index in [0.29, 0.717) is 0 Å². The monoisotopic (exact) mass is 440 g/mol. The molecule has 1 rings (SSSR count). The van der Waals surface area contributed by atoms with Crippen LogP contribution >= 0.6 is 24.0 Å². The van der Waals surface area contributed by atoms with Crippen molar-refractivity contribution in [3.8, 4) is 0 Å². The number of aliphatic imine (C=N–C) groups is 1. The third-order valence-electron chi connectivity index (χ3n) is 4.44. The van der Waals surface area contributed by atoms with E-state index in [4.69, 9.17) is 4.74 Å². The van der Waals surface area contributed by atoms with E-state index in [2.05, 4.69) is 34.4 Å². The zero-order valence-corrected chi connectivity index (χ0v) is 17.8. The summed E-state index contributed by atoms with van der Waals surface area (Å²) in [4.78, 5) is 6.92. The van der Waals surface area contributed by atoms with Crippen molar-refractivity contribution in [1.82, 2.24) is 15.5 Å². The van der Waals surface area contributed by atoms with Gasteiger partial charge in [-0.15, -0.1) is 24.0 Å². The number of methoxy groups -OCH3 is 1. The van der Waals surface area contributed by atoms with Crippen LogP contribution in [0.25, 0.3) is 0 Å². The van der Waals surface area contributed by atoms with Crippen LogP contribution in [-0.4, -0.2) is 63.3 Å². The zero-order chi connectivity index (χ0) is 16.3. The fourth-order valence-electron chi connectivity index (χ4n) is 2.89. The lowest BCUT2D eigenvalue weighted by molar-refractivity contribution is 0.0982. The number of halogens is 1. The van der Waals surface area contributed by atoms with Crippen LogP contribution in [0.15, 0.2) is 4.99 Å². The van der Waals surface area contributed by atoms with Crippen molar-refractivity contribution in [2.45, 2.75) is 57.9 Å². The van der Waals surface area contributed by atoms with Crippen LogP contribution in [0.1, 0.15) is 52.4 Å². The molecule has 0 bridgehead atoms. The second kappa shape index (κ2) is 13.2. The topological polar surface area (TPSA) is 48.9 Å². The minimum atomic E-state index is 0. The number of nitrogens with one attached hydrogen (secondary N) is 2. The van der Waals surface area contributed by atoms with Crippen LogP contribution in [0.3, 0.4) is 0 Å². The summed E-state index contributed by atoms with van der Waals surface area (Å²) in [5, 5.41) is 6.88. The Bertz CT molecular complexity index is 318. The largest absolute Gasteiger partial charge is 0.385 e. The molecule has 0 atom stereocenters. The Labute approximate surface area is 160 Å². The number of guanidine groups is 1. The summed E-state index contributed by atoms with van der Waals surface area (Å²) >= 11 is 0. The summed E-state index contributed by atoms with van der Waals surface area (Å²) in [6.45, 7) is 9.84. The number of ether oxygens (including phenoxy) is 1. The fourth-order valence-corrected chi connectivity index (χ4v) is 2.89. The molecule has 1 aliphatic heterocycles. The van der Waals surface area contributed by atoms with Crippen molar-refractivity contribution in [2.24, 2.45) is 4.99 Å². The van der Waals surface area contributed by atoms with E-state index in [1.807, 2.05) is 7.05 Å². The Balaban J connectivity index is 0.00000484. The molecule has 2 N–H and O–H groups in total. The second-order valence-electron chi connectivity index (χ2n) is 6.77. The molecule has 5 nitrogen and oxygen atoms in total. The molecule has 0 radical (unpaired) electrons. The molecule has 0 aromatic carbocycles. The first-order valence-electron chi connectivity index (χ1n) is 8.78.